The number of aliphatic carboxylic acids is 1. The number of carboxylic acids is 1. The van der Waals surface area contributed by atoms with Crippen molar-refractivity contribution in [2.24, 2.45) is 0 Å². The van der Waals surface area contributed by atoms with Crippen LogP contribution >= 0.6 is 0 Å². The number of carbonyl (C=O) groups is 1. The van der Waals surface area contributed by atoms with Crippen LogP contribution in [0.15, 0.2) is 35.3 Å². The fraction of sp³-hybridized carbons (Fsp3) is 0.333. The summed E-state index contributed by atoms with van der Waals surface area (Å²) in [6.07, 6.45) is 1.64. The van der Waals surface area contributed by atoms with Gasteiger partial charge in [-0.05, 0) is 18.6 Å². The van der Waals surface area contributed by atoms with Gasteiger partial charge in [0.1, 0.15) is 0 Å². The summed E-state index contributed by atoms with van der Waals surface area (Å²) in [5, 5.41) is 9.07. The second-order valence-corrected chi connectivity index (χ2v) is 5.54. The quantitative estimate of drug-likeness (QED) is 0.897. The van der Waals surface area contributed by atoms with Crippen molar-refractivity contribution >= 4 is 5.97 Å². The summed E-state index contributed by atoms with van der Waals surface area (Å²) < 4.78 is 1.57. The summed E-state index contributed by atoms with van der Waals surface area (Å²) in [4.78, 5) is 25.6. The fourth-order valence-electron chi connectivity index (χ4n) is 2.47. The summed E-state index contributed by atoms with van der Waals surface area (Å²) in [6.45, 7) is 5.57. The van der Waals surface area contributed by atoms with Crippen LogP contribution in [0.2, 0.25) is 0 Å². The normalized spacial score (nSPS) is 11.6. The topological polar surface area (TPSA) is 75.1 Å². The van der Waals surface area contributed by atoms with Crippen LogP contribution in [0, 0.1) is 6.92 Å². The Labute approximate surface area is 116 Å². The molecule has 0 fully saturated rings. The summed E-state index contributed by atoms with van der Waals surface area (Å²) in [6, 6.07) is 7.41. The highest BCUT2D eigenvalue weighted by molar-refractivity contribution is 5.69. The molecule has 0 saturated carbocycles. The second kappa shape index (κ2) is 5.00. The molecule has 2 aromatic rings. The number of nitrogens with zero attached hydrogens (tertiary/aromatic N) is 1. The van der Waals surface area contributed by atoms with Crippen LogP contribution in [0.3, 0.4) is 0 Å². The van der Waals surface area contributed by atoms with E-state index in [-0.39, 0.29) is 12.1 Å². The molecule has 1 aromatic heterocycles. The van der Waals surface area contributed by atoms with Gasteiger partial charge in [-0.2, -0.15) is 0 Å². The maximum Gasteiger partial charge on any atom is 0.330 e. The molecule has 0 aliphatic heterocycles. The van der Waals surface area contributed by atoms with E-state index in [1.54, 1.807) is 10.8 Å². The Hall–Kier alpha value is -2.30. The molecule has 106 valence electrons. The van der Waals surface area contributed by atoms with Gasteiger partial charge in [0.05, 0.1) is 12.1 Å². The minimum atomic E-state index is -0.858. The van der Waals surface area contributed by atoms with Crippen LogP contribution in [0.25, 0.3) is 5.69 Å². The number of hydrogen-bond acceptors (Lipinski definition) is 2. The van der Waals surface area contributed by atoms with Gasteiger partial charge in [0, 0.05) is 17.3 Å². The van der Waals surface area contributed by atoms with E-state index in [4.69, 9.17) is 5.11 Å². The lowest BCUT2D eigenvalue weighted by molar-refractivity contribution is -0.138. The second-order valence-electron chi connectivity index (χ2n) is 5.54. The molecule has 0 saturated heterocycles. The van der Waals surface area contributed by atoms with E-state index in [0.29, 0.717) is 0 Å². The van der Waals surface area contributed by atoms with Gasteiger partial charge < -0.3 is 10.1 Å². The van der Waals surface area contributed by atoms with Crippen molar-refractivity contribution in [1.29, 1.82) is 0 Å². The number of H-pyrrole nitrogens is 1. The Morgan fingerprint density at radius 2 is 2.00 bits per heavy atom. The molecule has 0 amide bonds. The number of aromatic nitrogens is 2. The van der Waals surface area contributed by atoms with Crippen LogP contribution in [-0.2, 0) is 10.2 Å². The van der Waals surface area contributed by atoms with Gasteiger partial charge in [-0.3, -0.25) is 9.36 Å². The van der Waals surface area contributed by atoms with Crippen LogP contribution in [0.5, 0.6) is 0 Å². The molecule has 0 aliphatic rings. The van der Waals surface area contributed by atoms with Crippen LogP contribution in [0.4, 0.5) is 0 Å². The lowest BCUT2D eigenvalue weighted by Crippen LogP contribution is -2.26. The average molecular weight is 274 g/mol. The summed E-state index contributed by atoms with van der Waals surface area (Å²) in [5.41, 5.74) is 1.57. The first kappa shape index (κ1) is 14.1. The van der Waals surface area contributed by atoms with Gasteiger partial charge in [-0.1, -0.05) is 32.0 Å². The van der Waals surface area contributed by atoms with E-state index in [2.05, 4.69) is 4.98 Å². The molecule has 0 unspecified atom stereocenters. The van der Waals surface area contributed by atoms with Crippen LogP contribution in [0.1, 0.15) is 31.5 Å². The zero-order valence-electron chi connectivity index (χ0n) is 11.8. The van der Waals surface area contributed by atoms with Gasteiger partial charge in [0.2, 0.25) is 0 Å². The number of rotatable bonds is 4. The highest BCUT2D eigenvalue weighted by Gasteiger charge is 2.27. The van der Waals surface area contributed by atoms with Crippen molar-refractivity contribution < 1.29 is 9.90 Å². The van der Waals surface area contributed by atoms with Gasteiger partial charge in [0.15, 0.2) is 0 Å². The van der Waals surface area contributed by atoms with E-state index in [9.17, 15) is 9.59 Å². The molecule has 5 nitrogen and oxygen atoms in total. The minimum Gasteiger partial charge on any atom is -0.481 e. The smallest absolute Gasteiger partial charge is 0.330 e. The molecule has 1 heterocycles. The van der Waals surface area contributed by atoms with Gasteiger partial charge >= 0.3 is 11.7 Å². The largest absolute Gasteiger partial charge is 0.481 e. The first-order valence-corrected chi connectivity index (χ1v) is 6.41. The van der Waals surface area contributed by atoms with Crippen LogP contribution < -0.4 is 5.69 Å². The third-order valence-corrected chi connectivity index (χ3v) is 3.43. The van der Waals surface area contributed by atoms with Crippen molar-refractivity contribution in [3.05, 3.63) is 52.2 Å². The summed E-state index contributed by atoms with van der Waals surface area (Å²) in [7, 11) is 0. The number of imidazole rings is 1. The molecule has 1 aromatic carbocycles. The number of hydrogen-bond donors (Lipinski definition) is 2. The minimum absolute atomic E-state index is 0.00222. The Kier molecular flexibility index (Phi) is 3.53. The van der Waals surface area contributed by atoms with Crippen molar-refractivity contribution in [1.82, 2.24) is 9.55 Å². The molecule has 0 bridgehead atoms. The molecule has 5 heteroatoms. The van der Waals surface area contributed by atoms with Crippen molar-refractivity contribution in [2.75, 3.05) is 0 Å². The van der Waals surface area contributed by atoms with Gasteiger partial charge in [-0.15, -0.1) is 0 Å². The van der Waals surface area contributed by atoms with E-state index < -0.39 is 11.4 Å². The number of benzene rings is 1. The van der Waals surface area contributed by atoms with E-state index >= 15 is 0 Å². The molecule has 0 spiro atoms. The van der Waals surface area contributed by atoms with E-state index in [1.165, 1.54) is 0 Å². The van der Waals surface area contributed by atoms with E-state index in [1.807, 2.05) is 45.0 Å². The monoisotopic (exact) mass is 274 g/mol. The predicted octanol–water partition coefficient (Wildman–Crippen LogP) is 2.23. The molecule has 0 aliphatic carbocycles. The first-order valence-electron chi connectivity index (χ1n) is 6.41. The Balaban J connectivity index is 2.63. The molecule has 0 radical (unpaired) electrons. The lowest BCUT2D eigenvalue weighted by atomic mass is 9.80. The molecule has 0 atom stereocenters. The number of carboxylic acid groups (broad SMARTS) is 1. The summed E-state index contributed by atoms with van der Waals surface area (Å²) >= 11 is 0. The molecular formula is C15H18N2O3. The predicted molar refractivity (Wildman–Crippen MR) is 76.4 cm³/mol. The van der Waals surface area contributed by atoms with Gasteiger partial charge in [0.25, 0.3) is 0 Å². The van der Waals surface area contributed by atoms with Crippen LogP contribution in [-0.4, -0.2) is 20.6 Å². The van der Waals surface area contributed by atoms with E-state index in [0.717, 1.165) is 16.9 Å². The van der Waals surface area contributed by atoms with Crippen molar-refractivity contribution in [3.8, 4) is 5.69 Å². The standard InChI is InChI=1S/C15H18N2O3/c1-10-9-16-14(20)17(10)12-7-5-4-6-11(12)15(2,3)8-13(18)19/h4-7,9H,8H2,1-3H3,(H,16,20)(H,18,19). The first-order chi connectivity index (χ1) is 9.33. The number of nitrogens with one attached hydrogen (secondary N) is 1. The lowest BCUT2D eigenvalue weighted by Gasteiger charge is -2.26. The number of aryl methyl sites for hydroxylation is 1. The Morgan fingerprint density at radius 3 is 2.55 bits per heavy atom. The molecule has 2 rings (SSSR count). The Bertz CT molecular complexity index is 695. The highest BCUT2D eigenvalue weighted by atomic mass is 16.4. The Morgan fingerprint density at radius 1 is 1.35 bits per heavy atom. The molecule has 2 N–H and O–H groups in total. The maximum atomic E-state index is 11.9. The third kappa shape index (κ3) is 2.52. The average Bonchev–Trinajstić information content (AvgIpc) is 2.67. The maximum absolute atomic E-state index is 11.9. The third-order valence-electron chi connectivity index (χ3n) is 3.43. The van der Waals surface area contributed by atoms with Crippen molar-refractivity contribution in [3.63, 3.8) is 0 Å². The zero-order chi connectivity index (χ0) is 14.9. The molecular weight excluding hydrogens is 256 g/mol. The zero-order valence-corrected chi connectivity index (χ0v) is 11.8. The van der Waals surface area contributed by atoms with Gasteiger partial charge in [-0.25, -0.2) is 4.79 Å². The fourth-order valence-corrected chi connectivity index (χ4v) is 2.47. The number of para-hydroxylation sites is 1. The van der Waals surface area contributed by atoms with Crippen molar-refractivity contribution in [2.45, 2.75) is 32.6 Å². The summed E-state index contributed by atoms with van der Waals surface area (Å²) in [5.74, 6) is -0.858. The molecule has 20 heavy (non-hydrogen) atoms. The number of aromatic amines is 1. The SMILES string of the molecule is Cc1c[nH]c(=O)n1-c1ccccc1C(C)(C)CC(=O)O. The highest BCUT2D eigenvalue weighted by Crippen LogP contribution is 2.31.